The lowest BCUT2D eigenvalue weighted by Gasteiger charge is -2.27. The molecule has 6 heteroatoms. The molecule has 3 amide bonds. The number of ether oxygens (including phenoxy) is 1. The van der Waals surface area contributed by atoms with Gasteiger partial charge in [0, 0.05) is 13.1 Å². The number of urea groups is 1. The van der Waals surface area contributed by atoms with Gasteiger partial charge in [0.1, 0.15) is 18.4 Å². The van der Waals surface area contributed by atoms with Gasteiger partial charge in [-0.2, -0.15) is 0 Å². The smallest absolute Gasteiger partial charge is 0.321 e. The van der Waals surface area contributed by atoms with Gasteiger partial charge < -0.3 is 10.1 Å². The molecular weight excluding hydrogens is 330 g/mol. The van der Waals surface area contributed by atoms with Gasteiger partial charge in [-0.3, -0.25) is 15.0 Å². The summed E-state index contributed by atoms with van der Waals surface area (Å²) in [5.41, 5.74) is 0.816. The van der Waals surface area contributed by atoms with E-state index in [1.54, 1.807) is 6.92 Å². The maximum absolute atomic E-state index is 12.6. The Labute approximate surface area is 154 Å². The summed E-state index contributed by atoms with van der Waals surface area (Å²) in [5, 5.41) is 4.97. The molecule has 0 aliphatic heterocycles. The molecular formula is C20H25N3O3. The number of hydrogen-bond acceptors (Lipinski definition) is 4. The van der Waals surface area contributed by atoms with Gasteiger partial charge in [-0.15, -0.1) is 0 Å². The van der Waals surface area contributed by atoms with Crippen molar-refractivity contribution < 1.29 is 14.3 Å². The zero-order chi connectivity index (χ0) is 18.8. The van der Waals surface area contributed by atoms with Crippen LogP contribution in [0.4, 0.5) is 4.79 Å². The van der Waals surface area contributed by atoms with Crippen molar-refractivity contribution in [3.05, 3.63) is 66.2 Å². The summed E-state index contributed by atoms with van der Waals surface area (Å²) in [4.78, 5) is 26.2. The van der Waals surface area contributed by atoms with Crippen LogP contribution >= 0.6 is 0 Å². The molecule has 1 atom stereocenters. The van der Waals surface area contributed by atoms with Gasteiger partial charge in [-0.1, -0.05) is 48.5 Å². The van der Waals surface area contributed by atoms with Gasteiger partial charge >= 0.3 is 6.03 Å². The number of carbonyl (C=O) groups is 2. The summed E-state index contributed by atoms with van der Waals surface area (Å²) >= 11 is 0. The fourth-order valence-corrected chi connectivity index (χ4v) is 2.58. The first-order chi connectivity index (χ1) is 12.6. The standard InChI is InChI=1S/C20H25N3O3/c1-3-21-20(25)22-19(24)18(16-10-6-4-7-11-16)23(2)14-15-26-17-12-8-5-9-13-17/h4-13,18H,3,14-15H2,1-2H3,(H2,21,22,24,25)/t18-/m1/s1. The van der Waals surface area contributed by atoms with Gasteiger partial charge in [0.05, 0.1) is 0 Å². The minimum atomic E-state index is -0.585. The summed E-state index contributed by atoms with van der Waals surface area (Å²) < 4.78 is 5.71. The van der Waals surface area contributed by atoms with Crippen molar-refractivity contribution in [1.82, 2.24) is 15.5 Å². The van der Waals surface area contributed by atoms with Crippen LogP contribution in [-0.2, 0) is 4.79 Å². The molecule has 0 bridgehead atoms. The highest BCUT2D eigenvalue weighted by Crippen LogP contribution is 2.19. The lowest BCUT2D eigenvalue weighted by atomic mass is 10.0. The lowest BCUT2D eigenvalue weighted by Crippen LogP contribution is -2.46. The van der Waals surface area contributed by atoms with E-state index >= 15 is 0 Å². The Morgan fingerprint density at radius 1 is 1.04 bits per heavy atom. The first-order valence-corrected chi connectivity index (χ1v) is 8.63. The number of imide groups is 1. The van der Waals surface area contributed by atoms with E-state index in [9.17, 15) is 9.59 Å². The van der Waals surface area contributed by atoms with Crippen LogP contribution in [-0.4, -0.2) is 43.6 Å². The molecule has 138 valence electrons. The fourth-order valence-electron chi connectivity index (χ4n) is 2.58. The first kappa shape index (κ1) is 19.5. The normalized spacial score (nSPS) is 11.7. The van der Waals surface area contributed by atoms with Crippen molar-refractivity contribution in [3.8, 4) is 5.75 Å². The molecule has 0 heterocycles. The van der Waals surface area contributed by atoms with E-state index in [0.717, 1.165) is 11.3 Å². The van der Waals surface area contributed by atoms with Crippen molar-refractivity contribution >= 4 is 11.9 Å². The first-order valence-electron chi connectivity index (χ1n) is 8.63. The molecule has 26 heavy (non-hydrogen) atoms. The van der Waals surface area contributed by atoms with Crippen LogP contribution < -0.4 is 15.4 Å². The quantitative estimate of drug-likeness (QED) is 0.764. The van der Waals surface area contributed by atoms with Gasteiger partial charge in [0.15, 0.2) is 0 Å². The third-order valence-electron chi connectivity index (χ3n) is 3.83. The van der Waals surface area contributed by atoms with E-state index in [2.05, 4.69) is 10.6 Å². The molecule has 0 unspecified atom stereocenters. The Morgan fingerprint density at radius 2 is 1.65 bits per heavy atom. The SMILES string of the molecule is CCNC(=O)NC(=O)[C@@H](c1ccccc1)N(C)CCOc1ccccc1. The van der Waals surface area contributed by atoms with Crippen LogP contribution in [0.25, 0.3) is 0 Å². The predicted molar refractivity (Wildman–Crippen MR) is 101 cm³/mol. The molecule has 0 aromatic heterocycles. The van der Waals surface area contributed by atoms with Crippen molar-refractivity contribution in [1.29, 1.82) is 0 Å². The lowest BCUT2D eigenvalue weighted by molar-refractivity contribution is -0.125. The van der Waals surface area contributed by atoms with Gasteiger partial charge in [0.25, 0.3) is 0 Å². The van der Waals surface area contributed by atoms with E-state index < -0.39 is 12.1 Å². The van der Waals surface area contributed by atoms with Crippen molar-refractivity contribution in [2.45, 2.75) is 13.0 Å². The highest BCUT2D eigenvalue weighted by atomic mass is 16.5. The van der Waals surface area contributed by atoms with Gasteiger partial charge in [-0.05, 0) is 31.7 Å². The third kappa shape index (κ3) is 5.89. The van der Waals surface area contributed by atoms with Gasteiger partial charge in [-0.25, -0.2) is 4.79 Å². The van der Waals surface area contributed by atoms with Crippen LogP contribution in [0, 0.1) is 0 Å². The third-order valence-corrected chi connectivity index (χ3v) is 3.83. The van der Waals surface area contributed by atoms with E-state index in [4.69, 9.17) is 4.74 Å². The molecule has 0 aliphatic carbocycles. The van der Waals surface area contributed by atoms with Crippen LogP contribution in [0.3, 0.4) is 0 Å². The summed E-state index contributed by atoms with van der Waals surface area (Å²) in [6, 6.07) is 17.8. The summed E-state index contributed by atoms with van der Waals surface area (Å²) in [7, 11) is 1.84. The molecule has 2 aromatic carbocycles. The number of carbonyl (C=O) groups excluding carboxylic acids is 2. The number of benzene rings is 2. The molecule has 0 radical (unpaired) electrons. The van der Waals surface area contributed by atoms with Crippen molar-refractivity contribution in [2.24, 2.45) is 0 Å². The fraction of sp³-hybridized carbons (Fsp3) is 0.300. The minimum Gasteiger partial charge on any atom is -0.492 e. The number of amides is 3. The maximum atomic E-state index is 12.6. The number of para-hydroxylation sites is 1. The highest BCUT2D eigenvalue weighted by Gasteiger charge is 2.26. The Hall–Kier alpha value is -2.86. The average molecular weight is 355 g/mol. The molecule has 0 saturated heterocycles. The Balaban J connectivity index is 2.02. The van der Waals surface area contributed by atoms with Crippen molar-refractivity contribution in [3.63, 3.8) is 0 Å². The van der Waals surface area contributed by atoms with Gasteiger partial charge in [0.2, 0.25) is 5.91 Å². The Bertz CT molecular complexity index is 692. The second-order valence-electron chi connectivity index (χ2n) is 5.80. The van der Waals surface area contributed by atoms with E-state index in [0.29, 0.717) is 19.7 Å². The van der Waals surface area contributed by atoms with Crippen LogP contribution in [0.5, 0.6) is 5.75 Å². The molecule has 2 N–H and O–H groups in total. The summed E-state index contributed by atoms with van der Waals surface area (Å²) in [6.07, 6.45) is 0. The molecule has 0 spiro atoms. The van der Waals surface area contributed by atoms with Crippen molar-refractivity contribution in [2.75, 3.05) is 26.7 Å². The Kier molecular flexibility index (Phi) is 7.64. The number of hydrogen-bond donors (Lipinski definition) is 2. The zero-order valence-electron chi connectivity index (χ0n) is 15.1. The van der Waals surface area contributed by atoms with Crippen LogP contribution in [0.2, 0.25) is 0 Å². The summed E-state index contributed by atoms with van der Waals surface area (Å²) in [6.45, 7) is 3.21. The number of nitrogens with one attached hydrogen (secondary N) is 2. The van der Waals surface area contributed by atoms with Crippen LogP contribution in [0.15, 0.2) is 60.7 Å². The number of likely N-dealkylation sites (N-methyl/N-ethyl adjacent to an activating group) is 1. The second kappa shape index (κ2) is 10.2. The highest BCUT2D eigenvalue weighted by molar-refractivity contribution is 5.97. The number of nitrogens with zero attached hydrogens (tertiary/aromatic N) is 1. The van der Waals surface area contributed by atoms with E-state index in [1.165, 1.54) is 0 Å². The minimum absolute atomic E-state index is 0.371. The maximum Gasteiger partial charge on any atom is 0.321 e. The van der Waals surface area contributed by atoms with Crippen LogP contribution in [0.1, 0.15) is 18.5 Å². The monoisotopic (exact) mass is 355 g/mol. The summed E-state index contributed by atoms with van der Waals surface area (Å²) in [5.74, 6) is 0.410. The Morgan fingerprint density at radius 3 is 2.27 bits per heavy atom. The molecule has 0 saturated carbocycles. The molecule has 0 fully saturated rings. The average Bonchev–Trinajstić information content (AvgIpc) is 2.64. The zero-order valence-corrected chi connectivity index (χ0v) is 15.1. The van der Waals surface area contributed by atoms with E-state index in [-0.39, 0.29) is 5.91 Å². The topological polar surface area (TPSA) is 70.7 Å². The molecule has 2 aromatic rings. The number of rotatable bonds is 8. The molecule has 0 aliphatic rings. The molecule has 6 nitrogen and oxygen atoms in total. The second-order valence-corrected chi connectivity index (χ2v) is 5.80. The molecule has 2 rings (SSSR count). The predicted octanol–water partition coefficient (Wildman–Crippen LogP) is 2.58. The largest absolute Gasteiger partial charge is 0.492 e. The van der Waals surface area contributed by atoms with E-state index in [1.807, 2.05) is 72.6 Å².